The summed E-state index contributed by atoms with van der Waals surface area (Å²) in [5.41, 5.74) is 3.43. The number of aromatic nitrogens is 1. The molecule has 0 aliphatic heterocycles. The fourth-order valence-corrected chi connectivity index (χ4v) is 2.32. The van der Waals surface area contributed by atoms with E-state index in [1.807, 2.05) is 77.6 Å². The smallest absolute Gasteiger partial charge is 0.340 e. The molecule has 3 aromatic rings. The minimum absolute atomic E-state index is 0.330. The van der Waals surface area contributed by atoms with Crippen LogP contribution in [0.5, 0.6) is 0 Å². The van der Waals surface area contributed by atoms with Gasteiger partial charge in [-0.15, -0.1) is 0 Å². The van der Waals surface area contributed by atoms with Crippen molar-refractivity contribution in [3.8, 4) is 16.8 Å². The molecule has 0 unspecified atom stereocenters. The molecule has 3 rings (SSSR count). The number of hydrogen-bond acceptors (Lipinski definition) is 2. The number of nitrogens with zero attached hydrogens (tertiary/aromatic N) is 1. The van der Waals surface area contributed by atoms with Crippen LogP contribution in [0.1, 0.15) is 10.4 Å². The fraction of sp³-hybridized carbons (Fsp3) is 0.0556. The first-order valence-electron chi connectivity index (χ1n) is 6.71. The zero-order chi connectivity index (χ0) is 14.7. The predicted octanol–water partition coefficient (Wildman–Crippen LogP) is 3.93. The van der Waals surface area contributed by atoms with Gasteiger partial charge in [-0.2, -0.15) is 0 Å². The monoisotopic (exact) mass is 277 g/mol. The highest BCUT2D eigenvalue weighted by atomic mass is 16.5. The normalized spacial score (nSPS) is 10.3. The third-order valence-electron chi connectivity index (χ3n) is 3.37. The molecule has 104 valence electrons. The average Bonchev–Trinajstić information content (AvgIpc) is 3.01. The predicted molar refractivity (Wildman–Crippen MR) is 82.5 cm³/mol. The van der Waals surface area contributed by atoms with E-state index in [1.165, 1.54) is 7.11 Å². The van der Waals surface area contributed by atoms with Crippen LogP contribution in [0.25, 0.3) is 16.8 Å². The molecule has 0 atom stereocenters. The van der Waals surface area contributed by atoms with Crippen molar-refractivity contribution in [2.24, 2.45) is 0 Å². The molecular formula is C18H15NO2. The standard InChI is InChI=1S/C18H15NO2/c1-21-18(20)17-13-19(15-10-6-3-7-11-15)12-16(17)14-8-4-2-5-9-14/h2-13H,1H3. The molecule has 0 N–H and O–H groups in total. The number of benzene rings is 2. The van der Waals surface area contributed by atoms with Gasteiger partial charge in [0, 0.05) is 23.6 Å². The molecule has 1 aromatic heterocycles. The number of para-hydroxylation sites is 1. The van der Waals surface area contributed by atoms with Crippen molar-refractivity contribution in [2.75, 3.05) is 7.11 Å². The summed E-state index contributed by atoms with van der Waals surface area (Å²) in [6.45, 7) is 0. The van der Waals surface area contributed by atoms with Gasteiger partial charge >= 0.3 is 5.97 Å². The van der Waals surface area contributed by atoms with E-state index in [4.69, 9.17) is 4.74 Å². The van der Waals surface area contributed by atoms with Crippen LogP contribution in [-0.2, 0) is 4.74 Å². The van der Waals surface area contributed by atoms with Crippen LogP contribution < -0.4 is 0 Å². The number of ether oxygens (including phenoxy) is 1. The number of esters is 1. The van der Waals surface area contributed by atoms with Crippen molar-refractivity contribution < 1.29 is 9.53 Å². The molecule has 3 nitrogen and oxygen atoms in total. The second-order valence-corrected chi connectivity index (χ2v) is 4.69. The van der Waals surface area contributed by atoms with Crippen molar-refractivity contribution in [3.05, 3.63) is 78.6 Å². The largest absolute Gasteiger partial charge is 0.465 e. The van der Waals surface area contributed by atoms with Crippen LogP contribution in [0.4, 0.5) is 0 Å². The number of carbonyl (C=O) groups excluding carboxylic acids is 1. The molecule has 0 amide bonds. The van der Waals surface area contributed by atoms with Gasteiger partial charge in [-0.1, -0.05) is 48.5 Å². The summed E-state index contributed by atoms with van der Waals surface area (Å²) in [5, 5.41) is 0. The van der Waals surface area contributed by atoms with Crippen molar-refractivity contribution in [3.63, 3.8) is 0 Å². The second kappa shape index (κ2) is 5.67. The Morgan fingerprint density at radius 1 is 0.905 bits per heavy atom. The highest BCUT2D eigenvalue weighted by molar-refractivity contribution is 5.97. The Morgan fingerprint density at radius 3 is 2.14 bits per heavy atom. The Kier molecular flexibility index (Phi) is 3.56. The molecule has 21 heavy (non-hydrogen) atoms. The zero-order valence-corrected chi connectivity index (χ0v) is 11.7. The Morgan fingerprint density at radius 2 is 1.52 bits per heavy atom. The van der Waals surface area contributed by atoms with E-state index in [-0.39, 0.29) is 5.97 Å². The summed E-state index contributed by atoms with van der Waals surface area (Å²) in [4.78, 5) is 12.0. The minimum Gasteiger partial charge on any atom is -0.465 e. The van der Waals surface area contributed by atoms with E-state index in [0.717, 1.165) is 16.8 Å². The Bertz CT molecular complexity index is 745. The van der Waals surface area contributed by atoms with E-state index in [2.05, 4.69) is 0 Å². The van der Waals surface area contributed by atoms with Gasteiger partial charge < -0.3 is 9.30 Å². The number of rotatable bonds is 3. The van der Waals surface area contributed by atoms with E-state index in [9.17, 15) is 4.79 Å². The van der Waals surface area contributed by atoms with Gasteiger partial charge in [-0.05, 0) is 17.7 Å². The highest BCUT2D eigenvalue weighted by Gasteiger charge is 2.16. The maximum atomic E-state index is 12.0. The van der Waals surface area contributed by atoms with Crippen molar-refractivity contribution >= 4 is 5.97 Å². The second-order valence-electron chi connectivity index (χ2n) is 4.69. The molecule has 0 saturated carbocycles. The van der Waals surface area contributed by atoms with Crippen LogP contribution in [0, 0.1) is 0 Å². The molecule has 0 aliphatic rings. The van der Waals surface area contributed by atoms with Crippen LogP contribution in [0.2, 0.25) is 0 Å². The molecule has 0 fully saturated rings. The van der Waals surface area contributed by atoms with Crippen molar-refractivity contribution in [1.82, 2.24) is 4.57 Å². The molecular weight excluding hydrogens is 262 g/mol. The summed E-state index contributed by atoms with van der Waals surface area (Å²) in [6.07, 6.45) is 3.76. The molecule has 1 heterocycles. The van der Waals surface area contributed by atoms with Crippen LogP contribution in [0.15, 0.2) is 73.1 Å². The lowest BCUT2D eigenvalue weighted by molar-refractivity contribution is 0.0601. The van der Waals surface area contributed by atoms with E-state index in [1.54, 1.807) is 0 Å². The maximum absolute atomic E-state index is 12.0. The summed E-state index contributed by atoms with van der Waals surface area (Å²) < 4.78 is 6.83. The minimum atomic E-state index is -0.330. The first-order valence-corrected chi connectivity index (χ1v) is 6.71. The molecule has 0 radical (unpaired) electrons. The van der Waals surface area contributed by atoms with Crippen LogP contribution in [0.3, 0.4) is 0 Å². The lowest BCUT2D eigenvalue weighted by Gasteiger charge is -2.01. The summed E-state index contributed by atoms with van der Waals surface area (Å²) in [5.74, 6) is -0.330. The van der Waals surface area contributed by atoms with Crippen LogP contribution >= 0.6 is 0 Å². The van der Waals surface area contributed by atoms with Gasteiger partial charge in [0.05, 0.1) is 12.7 Å². The van der Waals surface area contributed by atoms with E-state index < -0.39 is 0 Å². The third kappa shape index (κ3) is 2.58. The summed E-state index contributed by atoms with van der Waals surface area (Å²) in [7, 11) is 1.40. The lowest BCUT2D eigenvalue weighted by Crippen LogP contribution is -2.01. The molecule has 0 aliphatic carbocycles. The van der Waals surface area contributed by atoms with Gasteiger partial charge in [-0.3, -0.25) is 0 Å². The quantitative estimate of drug-likeness (QED) is 0.679. The maximum Gasteiger partial charge on any atom is 0.340 e. The zero-order valence-electron chi connectivity index (χ0n) is 11.7. The average molecular weight is 277 g/mol. The third-order valence-corrected chi connectivity index (χ3v) is 3.37. The Labute approximate surface area is 123 Å². The molecule has 2 aromatic carbocycles. The van der Waals surface area contributed by atoms with Crippen molar-refractivity contribution in [2.45, 2.75) is 0 Å². The molecule has 0 spiro atoms. The summed E-state index contributed by atoms with van der Waals surface area (Å²) in [6, 6.07) is 19.7. The number of carbonyl (C=O) groups is 1. The molecule has 0 bridgehead atoms. The first-order chi connectivity index (χ1) is 10.3. The highest BCUT2D eigenvalue weighted by Crippen LogP contribution is 2.27. The van der Waals surface area contributed by atoms with Crippen molar-refractivity contribution in [1.29, 1.82) is 0 Å². The van der Waals surface area contributed by atoms with Gasteiger partial charge in [0.15, 0.2) is 0 Å². The van der Waals surface area contributed by atoms with Gasteiger partial charge in [-0.25, -0.2) is 4.79 Å². The fourth-order valence-electron chi connectivity index (χ4n) is 2.32. The van der Waals surface area contributed by atoms with Gasteiger partial charge in [0.2, 0.25) is 0 Å². The molecule has 3 heteroatoms. The summed E-state index contributed by atoms with van der Waals surface area (Å²) >= 11 is 0. The first kappa shape index (κ1) is 13.2. The Hall–Kier alpha value is -2.81. The topological polar surface area (TPSA) is 31.2 Å². The SMILES string of the molecule is COC(=O)c1cn(-c2ccccc2)cc1-c1ccccc1. The van der Waals surface area contributed by atoms with Gasteiger partial charge in [0.25, 0.3) is 0 Å². The van der Waals surface area contributed by atoms with E-state index >= 15 is 0 Å². The van der Waals surface area contributed by atoms with Gasteiger partial charge in [0.1, 0.15) is 0 Å². The Balaban J connectivity index is 2.14. The lowest BCUT2D eigenvalue weighted by atomic mass is 10.1. The van der Waals surface area contributed by atoms with E-state index in [0.29, 0.717) is 5.56 Å². The van der Waals surface area contributed by atoms with Crippen LogP contribution in [-0.4, -0.2) is 17.6 Å². The molecule has 0 saturated heterocycles. The number of hydrogen-bond donors (Lipinski definition) is 0. The number of methoxy groups -OCH3 is 1.